The Bertz CT molecular complexity index is 158. The minimum absolute atomic E-state index is 0.672. The molecular weight excluding hydrogens is 136 g/mol. The molecule has 0 aliphatic rings. The molecule has 0 amide bonds. The van der Waals surface area contributed by atoms with E-state index in [1.54, 1.807) is 0 Å². The van der Waals surface area contributed by atoms with Crippen LogP contribution in [0.5, 0.6) is 0 Å². The third-order valence-corrected chi connectivity index (χ3v) is 1.71. The Kier molecular flexibility index (Phi) is 4.12. The maximum atomic E-state index is 9.60. The first-order valence-electron chi connectivity index (χ1n) is 4.01. The summed E-state index contributed by atoms with van der Waals surface area (Å²) in [6.07, 6.45) is 6.86. The summed E-state index contributed by atoms with van der Waals surface area (Å²) in [5.41, 5.74) is 0.393. The zero-order valence-corrected chi connectivity index (χ0v) is 7.89. The number of hydrogen-bond donors (Lipinski definition) is 1. The van der Waals surface area contributed by atoms with Crippen LogP contribution in [0.1, 0.15) is 34.1 Å². The average Bonchev–Trinajstić information content (AvgIpc) is 1.87. The van der Waals surface area contributed by atoms with Crippen LogP contribution in [0, 0.1) is 0 Å². The van der Waals surface area contributed by atoms with Gasteiger partial charge in [0, 0.05) is 0 Å². The third kappa shape index (κ3) is 3.99. The SMILES string of the molecule is CC=CCC(=CC)C(C)(C)O. The molecule has 0 bridgehead atoms. The smallest absolute Gasteiger partial charge is 0.0803 e. The van der Waals surface area contributed by atoms with Crippen molar-refractivity contribution in [2.24, 2.45) is 0 Å². The molecule has 0 fully saturated rings. The lowest BCUT2D eigenvalue weighted by molar-refractivity contribution is 0.117. The second-order valence-electron chi connectivity index (χ2n) is 3.15. The van der Waals surface area contributed by atoms with E-state index in [0.717, 1.165) is 12.0 Å². The number of aliphatic hydroxyl groups is 1. The van der Waals surface area contributed by atoms with E-state index >= 15 is 0 Å². The molecule has 0 atom stereocenters. The largest absolute Gasteiger partial charge is 0.386 e. The van der Waals surface area contributed by atoms with E-state index in [9.17, 15) is 5.11 Å². The molecule has 0 saturated heterocycles. The average molecular weight is 154 g/mol. The molecule has 0 heterocycles. The van der Waals surface area contributed by atoms with Crippen molar-refractivity contribution in [3.63, 3.8) is 0 Å². The van der Waals surface area contributed by atoms with Gasteiger partial charge in [-0.3, -0.25) is 0 Å². The van der Waals surface area contributed by atoms with E-state index in [2.05, 4.69) is 0 Å². The molecule has 0 aromatic rings. The van der Waals surface area contributed by atoms with E-state index < -0.39 is 5.60 Å². The second-order valence-corrected chi connectivity index (χ2v) is 3.15. The van der Waals surface area contributed by atoms with Gasteiger partial charge in [0.05, 0.1) is 5.60 Å². The van der Waals surface area contributed by atoms with Gasteiger partial charge in [-0.2, -0.15) is 0 Å². The maximum absolute atomic E-state index is 9.60. The third-order valence-electron chi connectivity index (χ3n) is 1.71. The lowest BCUT2D eigenvalue weighted by Gasteiger charge is -2.20. The van der Waals surface area contributed by atoms with Crippen LogP contribution in [-0.4, -0.2) is 10.7 Å². The van der Waals surface area contributed by atoms with Gasteiger partial charge in [0.2, 0.25) is 0 Å². The molecule has 0 radical (unpaired) electrons. The number of hydrogen-bond acceptors (Lipinski definition) is 1. The zero-order valence-electron chi connectivity index (χ0n) is 7.89. The molecule has 0 aliphatic carbocycles. The predicted octanol–water partition coefficient (Wildman–Crippen LogP) is 2.67. The van der Waals surface area contributed by atoms with Crippen molar-refractivity contribution in [1.82, 2.24) is 0 Å². The van der Waals surface area contributed by atoms with Gasteiger partial charge >= 0.3 is 0 Å². The predicted molar refractivity (Wildman–Crippen MR) is 49.5 cm³/mol. The van der Waals surface area contributed by atoms with Gasteiger partial charge in [-0.15, -0.1) is 0 Å². The van der Waals surface area contributed by atoms with Crippen LogP contribution in [0.15, 0.2) is 23.8 Å². The topological polar surface area (TPSA) is 20.2 Å². The van der Waals surface area contributed by atoms with Crippen LogP contribution in [0.2, 0.25) is 0 Å². The summed E-state index contributed by atoms with van der Waals surface area (Å²) >= 11 is 0. The molecule has 1 N–H and O–H groups in total. The summed E-state index contributed by atoms with van der Waals surface area (Å²) in [5.74, 6) is 0. The summed E-state index contributed by atoms with van der Waals surface area (Å²) < 4.78 is 0. The van der Waals surface area contributed by atoms with Crippen molar-refractivity contribution in [1.29, 1.82) is 0 Å². The van der Waals surface area contributed by atoms with Crippen LogP contribution >= 0.6 is 0 Å². The fourth-order valence-electron chi connectivity index (χ4n) is 0.966. The number of allylic oxidation sites excluding steroid dienone is 3. The minimum Gasteiger partial charge on any atom is -0.386 e. The molecule has 11 heavy (non-hydrogen) atoms. The molecule has 1 nitrogen and oxygen atoms in total. The Balaban J connectivity index is 4.21. The minimum atomic E-state index is -0.672. The summed E-state index contributed by atoms with van der Waals surface area (Å²) in [5, 5.41) is 9.60. The first-order valence-corrected chi connectivity index (χ1v) is 4.01. The van der Waals surface area contributed by atoms with E-state index in [4.69, 9.17) is 0 Å². The van der Waals surface area contributed by atoms with Crippen LogP contribution in [0.4, 0.5) is 0 Å². The van der Waals surface area contributed by atoms with Crippen molar-refractivity contribution in [2.75, 3.05) is 0 Å². The Morgan fingerprint density at radius 3 is 2.18 bits per heavy atom. The normalized spacial score (nSPS) is 14.5. The molecule has 0 aromatic heterocycles. The van der Waals surface area contributed by atoms with Gasteiger partial charge < -0.3 is 5.11 Å². The zero-order chi connectivity index (χ0) is 8.91. The highest BCUT2D eigenvalue weighted by Crippen LogP contribution is 2.18. The molecule has 0 unspecified atom stereocenters. The molecule has 0 spiro atoms. The molecule has 0 rings (SSSR count). The van der Waals surface area contributed by atoms with Crippen molar-refractivity contribution < 1.29 is 5.11 Å². The van der Waals surface area contributed by atoms with E-state index in [-0.39, 0.29) is 0 Å². The van der Waals surface area contributed by atoms with Crippen LogP contribution < -0.4 is 0 Å². The summed E-state index contributed by atoms with van der Waals surface area (Å²) in [6, 6.07) is 0. The lowest BCUT2D eigenvalue weighted by atomic mass is 9.95. The maximum Gasteiger partial charge on any atom is 0.0803 e. The summed E-state index contributed by atoms with van der Waals surface area (Å²) in [6.45, 7) is 7.56. The van der Waals surface area contributed by atoms with Crippen molar-refractivity contribution >= 4 is 0 Å². The van der Waals surface area contributed by atoms with Gasteiger partial charge in [-0.25, -0.2) is 0 Å². The van der Waals surface area contributed by atoms with Crippen LogP contribution in [0.25, 0.3) is 0 Å². The molecule has 0 aliphatic heterocycles. The quantitative estimate of drug-likeness (QED) is 0.620. The summed E-state index contributed by atoms with van der Waals surface area (Å²) in [4.78, 5) is 0. The Morgan fingerprint density at radius 2 is 1.91 bits per heavy atom. The Hall–Kier alpha value is -0.560. The highest BCUT2D eigenvalue weighted by Gasteiger charge is 2.16. The van der Waals surface area contributed by atoms with E-state index in [1.165, 1.54) is 0 Å². The standard InChI is InChI=1S/C10H18O/c1-5-7-8-9(6-2)10(3,4)11/h5-7,11H,8H2,1-4H3. The van der Waals surface area contributed by atoms with Gasteiger partial charge in [0.25, 0.3) is 0 Å². The second kappa shape index (κ2) is 4.35. The molecule has 64 valence electrons. The van der Waals surface area contributed by atoms with Gasteiger partial charge in [-0.05, 0) is 39.7 Å². The van der Waals surface area contributed by atoms with Crippen LogP contribution in [0.3, 0.4) is 0 Å². The lowest BCUT2D eigenvalue weighted by Crippen LogP contribution is -2.21. The van der Waals surface area contributed by atoms with E-state index in [0.29, 0.717) is 0 Å². The highest BCUT2D eigenvalue weighted by molar-refractivity contribution is 5.16. The van der Waals surface area contributed by atoms with Crippen molar-refractivity contribution in [3.8, 4) is 0 Å². The Morgan fingerprint density at radius 1 is 1.36 bits per heavy atom. The monoisotopic (exact) mass is 154 g/mol. The van der Waals surface area contributed by atoms with Crippen molar-refractivity contribution in [3.05, 3.63) is 23.8 Å². The first kappa shape index (κ1) is 10.4. The molecule has 1 heteroatoms. The summed E-state index contributed by atoms with van der Waals surface area (Å²) in [7, 11) is 0. The highest BCUT2D eigenvalue weighted by atomic mass is 16.3. The molecule has 0 aromatic carbocycles. The first-order chi connectivity index (χ1) is 5.02. The Labute approximate surface area is 69.4 Å². The number of rotatable bonds is 3. The molecule has 0 saturated carbocycles. The fraction of sp³-hybridized carbons (Fsp3) is 0.600. The molecular formula is C10H18O. The van der Waals surface area contributed by atoms with Gasteiger partial charge in [0.15, 0.2) is 0 Å². The van der Waals surface area contributed by atoms with E-state index in [1.807, 2.05) is 45.9 Å². The van der Waals surface area contributed by atoms with Crippen LogP contribution in [-0.2, 0) is 0 Å². The van der Waals surface area contributed by atoms with Crippen molar-refractivity contribution in [2.45, 2.75) is 39.7 Å². The fourth-order valence-corrected chi connectivity index (χ4v) is 0.966. The van der Waals surface area contributed by atoms with Gasteiger partial charge in [0.1, 0.15) is 0 Å². The van der Waals surface area contributed by atoms with Gasteiger partial charge in [-0.1, -0.05) is 18.2 Å².